The average Bonchev–Trinajstić information content (AvgIpc) is 2.68. The number of nitrogens with one attached hydrogen (secondary N) is 2. The zero-order chi connectivity index (χ0) is 19.6. The first kappa shape index (κ1) is 19.9. The maximum atomic E-state index is 13.4. The van der Waals surface area contributed by atoms with Crippen molar-refractivity contribution in [2.45, 2.75) is 12.8 Å². The van der Waals surface area contributed by atoms with Gasteiger partial charge in [0.15, 0.2) is 11.5 Å². The summed E-state index contributed by atoms with van der Waals surface area (Å²) in [6.45, 7) is 0. The molecule has 0 radical (unpaired) electrons. The molecule has 8 heteroatoms. The van der Waals surface area contributed by atoms with Gasteiger partial charge in [-0.05, 0) is 35.9 Å². The van der Waals surface area contributed by atoms with Gasteiger partial charge in [0.25, 0.3) is 0 Å². The quantitative estimate of drug-likeness (QED) is 0.550. The molecule has 27 heavy (non-hydrogen) atoms. The van der Waals surface area contributed by atoms with E-state index in [1.54, 1.807) is 24.3 Å². The molecule has 7 nitrogen and oxygen atoms in total. The average molecular weight is 373 g/mol. The minimum atomic E-state index is -0.533. The van der Waals surface area contributed by atoms with Crippen LogP contribution in [0.5, 0.6) is 11.5 Å². The van der Waals surface area contributed by atoms with Crippen molar-refractivity contribution in [3.8, 4) is 11.5 Å². The van der Waals surface area contributed by atoms with Crippen LogP contribution < -0.4 is 20.2 Å². The second-order valence-corrected chi connectivity index (χ2v) is 5.44. The predicted molar refractivity (Wildman–Crippen MR) is 99.5 cm³/mol. The van der Waals surface area contributed by atoms with Gasteiger partial charge < -0.3 is 14.8 Å². The van der Waals surface area contributed by atoms with E-state index < -0.39 is 17.6 Å². The van der Waals surface area contributed by atoms with E-state index in [1.165, 1.54) is 38.6 Å². The number of para-hydroxylation sites is 1. The number of hydrogen-bond donors (Lipinski definition) is 2. The van der Waals surface area contributed by atoms with Crippen molar-refractivity contribution < 1.29 is 23.5 Å². The Hall–Kier alpha value is -3.42. The molecular formula is C19H20FN3O4. The molecule has 0 aliphatic heterocycles. The standard InChI is InChI=1S/C19H20FN3O4/c1-26-16-8-7-13(11-17(16)27-2)12-21-23-19(25)10-9-18(24)22-15-6-4-3-5-14(15)20/h3-8,11-12H,9-10H2,1-2H3,(H,22,24)(H,23,25). The first-order chi connectivity index (χ1) is 13.0. The number of carbonyl (C=O) groups is 2. The lowest BCUT2D eigenvalue weighted by atomic mass is 10.2. The summed E-state index contributed by atoms with van der Waals surface area (Å²) in [6.07, 6.45) is 1.27. The van der Waals surface area contributed by atoms with Crippen molar-refractivity contribution in [3.05, 3.63) is 53.8 Å². The van der Waals surface area contributed by atoms with E-state index in [1.807, 2.05) is 0 Å². The van der Waals surface area contributed by atoms with Crippen LogP contribution in [0.1, 0.15) is 18.4 Å². The fourth-order valence-electron chi connectivity index (χ4n) is 2.17. The Morgan fingerprint density at radius 3 is 2.44 bits per heavy atom. The van der Waals surface area contributed by atoms with E-state index in [0.717, 1.165) is 0 Å². The maximum absolute atomic E-state index is 13.4. The number of methoxy groups -OCH3 is 2. The molecule has 0 aromatic heterocycles. The van der Waals surface area contributed by atoms with Gasteiger partial charge in [-0.15, -0.1) is 0 Å². The number of rotatable bonds is 8. The van der Waals surface area contributed by atoms with Crippen LogP contribution in [0.2, 0.25) is 0 Å². The van der Waals surface area contributed by atoms with Crippen LogP contribution in [0.15, 0.2) is 47.6 Å². The topological polar surface area (TPSA) is 89.0 Å². The van der Waals surface area contributed by atoms with Gasteiger partial charge >= 0.3 is 0 Å². The number of amides is 2. The lowest BCUT2D eigenvalue weighted by Crippen LogP contribution is -2.21. The van der Waals surface area contributed by atoms with Crippen LogP contribution in [0, 0.1) is 5.82 Å². The van der Waals surface area contributed by atoms with Crippen molar-refractivity contribution in [2.75, 3.05) is 19.5 Å². The zero-order valence-corrected chi connectivity index (χ0v) is 15.0. The van der Waals surface area contributed by atoms with E-state index in [-0.39, 0.29) is 18.5 Å². The van der Waals surface area contributed by atoms with Crippen molar-refractivity contribution in [2.24, 2.45) is 5.10 Å². The Labute approximate surface area is 156 Å². The molecule has 2 amide bonds. The third kappa shape index (κ3) is 6.10. The molecule has 0 saturated heterocycles. The number of anilines is 1. The molecule has 2 aromatic carbocycles. The number of carbonyl (C=O) groups excluding carboxylic acids is 2. The molecule has 0 aliphatic carbocycles. The molecule has 0 heterocycles. The Bertz CT molecular complexity index is 839. The van der Waals surface area contributed by atoms with Crippen molar-refractivity contribution in [1.29, 1.82) is 0 Å². The summed E-state index contributed by atoms with van der Waals surface area (Å²) in [7, 11) is 3.06. The van der Waals surface area contributed by atoms with E-state index in [0.29, 0.717) is 17.1 Å². The summed E-state index contributed by atoms with van der Waals surface area (Å²) in [4.78, 5) is 23.5. The van der Waals surface area contributed by atoms with Gasteiger partial charge in [0.05, 0.1) is 26.1 Å². The summed E-state index contributed by atoms with van der Waals surface area (Å²) in [5, 5.41) is 6.25. The summed E-state index contributed by atoms with van der Waals surface area (Å²) in [6, 6.07) is 11.0. The first-order valence-electron chi connectivity index (χ1n) is 8.11. The fourth-order valence-corrected chi connectivity index (χ4v) is 2.17. The molecule has 2 aromatic rings. The van der Waals surface area contributed by atoms with Gasteiger partial charge in [-0.2, -0.15) is 5.10 Å². The highest BCUT2D eigenvalue weighted by Gasteiger charge is 2.09. The Morgan fingerprint density at radius 1 is 1.04 bits per heavy atom. The van der Waals surface area contributed by atoms with Gasteiger partial charge in [0.1, 0.15) is 5.82 Å². The monoisotopic (exact) mass is 373 g/mol. The number of benzene rings is 2. The highest BCUT2D eigenvalue weighted by atomic mass is 19.1. The van der Waals surface area contributed by atoms with Crippen molar-refractivity contribution >= 4 is 23.7 Å². The SMILES string of the molecule is COc1ccc(C=NNC(=O)CCC(=O)Nc2ccccc2F)cc1OC. The first-order valence-corrected chi connectivity index (χ1v) is 8.11. The number of halogens is 1. The van der Waals surface area contributed by atoms with Gasteiger partial charge in [0.2, 0.25) is 11.8 Å². The maximum Gasteiger partial charge on any atom is 0.240 e. The Balaban J connectivity index is 1.79. The molecule has 2 N–H and O–H groups in total. The second kappa shape index (κ2) is 9.91. The van der Waals surface area contributed by atoms with Gasteiger partial charge in [-0.1, -0.05) is 12.1 Å². The third-order valence-corrected chi connectivity index (χ3v) is 3.54. The number of nitrogens with zero attached hydrogens (tertiary/aromatic N) is 1. The fraction of sp³-hybridized carbons (Fsp3) is 0.211. The predicted octanol–water partition coefficient (Wildman–Crippen LogP) is 2.71. The van der Waals surface area contributed by atoms with E-state index in [2.05, 4.69) is 15.8 Å². The third-order valence-electron chi connectivity index (χ3n) is 3.54. The van der Waals surface area contributed by atoms with Crippen LogP contribution in [0.4, 0.5) is 10.1 Å². The van der Waals surface area contributed by atoms with Gasteiger partial charge in [0, 0.05) is 12.8 Å². The molecule has 0 unspecified atom stereocenters. The molecule has 2 rings (SSSR count). The summed E-state index contributed by atoms with van der Waals surface area (Å²) < 4.78 is 23.8. The van der Waals surface area contributed by atoms with Crippen LogP contribution in [-0.4, -0.2) is 32.2 Å². The molecule has 0 aliphatic rings. The smallest absolute Gasteiger partial charge is 0.240 e. The lowest BCUT2D eigenvalue weighted by Gasteiger charge is -2.07. The molecule has 0 saturated carbocycles. The number of ether oxygens (including phenoxy) is 2. The minimum absolute atomic E-state index is 0.0781. The van der Waals surface area contributed by atoms with Crippen molar-refractivity contribution in [1.82, 2.24) is 5.43 Å². The molecule has 0 bridgehead atoms. The lowest BCUT2D eigenvalue weighted by molar-refractivity contribution is -0.124. The normalized spacial score (nSPS) is 10.5. The van der Waals surface area contributed by atoms with Crippen LogP contribution >= 0.6 is 0 Å². The highest BCUT2D eigenvalue weighted by molar-refractivity contribution is 5.93. The molecule has 0 spiro atoms. The number of hydrazone groups is 1. The van der Waals surface area contributed by atoms with E-state index in [4.69, 9.17) is 9.47 Å². The largest absolute Gasteiger partial charge is 0.493 e. The van der Waals surface area contributed by atoms with Crippen molar-refractivity contribution in [3.63, 3.8) is 0 Å². The summed E-state index contributed by atoms with van der Waals surface area (Å²) >= 11 is 0. The van der Waals surface area contributed by atoms with Gasteiger partial charge in [-0.25, -0.2) is 9.82 Å². The Morgan fingerprint density at radius 2 is 1.74 bits per heavy atom. The highest BCUT2D eigenvalue weighted by Crippen LogP contribution is 2.26. The van der Waals surface area contributed by atoms with E-state index in [9.17, 15) is 14.0 Å². The summed E-state index contributed by atoms with van der Waals surface area (Å²) in [5.41, 5.74) is 3.11. The molecule has 0 atom stereocenters. The van der Waals surface area contributed by atoms with Crippen LogP contribution in [0.25, 0.3) is 0 Å². The molecule has 0 fully saturated rings. The number of hydrogen-bond acceptors (Lipinski definition) is 5. The second-order valence-electron chi connectivity index (χ2n) is 5.44. The van der Waals surface area contributed by atoms with Crippen LogP contribution in [-0.2, 0) is 9.59 Å². The summed E-state index contributed by atoms with van der Waals surface area (Å²) in [5.74, 6) is -0.304. The minimum Gasteiger partial charge on any atom is -0.493 e. The molecule has 142 valence electrons. The Kier molecular flexibility index (Phi) is 7.30. The van der Waals surface area contributed by atoms with E-state index >= 15 is 0 Å². The van der Waals surface area contributed by atoms with Gasteiger partial charge in [-0.3, -0.25) is 9.59 Å². The zero-order valence-electron chi connectivity index (χ0n) is 15.0. The molecular weight excluding hydrogens is 353 g/mol. The van der Waals surface area contributed by atoms with Crippen LogP contribution in [0.3, 0.4) is 0 Å².